The molecule has 7 heteroatoms. The van der Waals surface area contributed by atoms with Crippen LogP contribution in [0.4, 0.5) is 10.5 Å². The van der Waals surface area contributed by atoms with E-state index in [4.69, 9.17) is 14.7 Å². The predicted octanol–water partition coefficient (Wildman–Crippen LogP) is 4.75. The molecule has 2 bridgehead atoms. The monoisotopic (exact) mass is 477 g/mol. The first-order valence-electron chi connectivity index (χ1n) is 13.3. The number of aryl methyl sites for hydroxylation is 1. The fourth-order valence-corrected chi connectivity index (χ4v) is 6.13. The van der Waals surface area contributed by atoms with E-state index >= 15 is 0 Å². The number of nitrogens with one attached hydrogen (secondary N) is 1. The van der Waals surface area contributed by atoms with Crippen molar-refractivity contribution in [2.24, 2.45) is 5.92 Å². The molecule has 1 unspecified atom stereocenters. The zero-order valence-electron chi connectivity index (χ0n) is 21.4. The minimum absolute atomic E-state index is 0.243. The van der Waals surface area contributed by atoms with Crippen LogP contribution in [-0.2, 0) is 4.74 Å². The Kier molecular flexibility index (Phi) is 7.23. The van der Waals surface area contributed by atoms with Crippen LogP contribution in [-0.4, -0.2) is 66.8 Å². The first kappa shape index (κ1) is 24.0. The number of carbonyl (C=O) groups excluding carboxylic acids is 1. The zero-order chi connectivity index (χ0) is 24.4. The van der Waals surface area contributed by atoms with Gasteiger partial charge in [0.1, 0.15) is 12.4 Å². The summed E-state index contributed by atoms with van der Waals surface area (Å²) < 4.78 is 5.68. The van der Waals surface area contributed by atoms with Gasteiger partial charge in [-0.2, -0.15) is 0 Å². The highest BCUT2D eigenvalue weighted by Crippen LogP contribution is 2.42. The molecule has 1 aliphatic carbocycles. The first-order valence-corrected chi connectivity index (χ1v) is 13.3. The molecule has 1 amide bonds. The van der Waals surface area contributed by atoms with Crippen molar-refractivity contribution in [2.45, 2.75) is 69.9 Å². The van der Waals surface area contributed by atoms with Crippen molar-refractivity contribution < 1.29 is 9.53 Å². The van der Waals surface area contributed by atoms with Gasteiger partial charge in [-0.25, -0.2) is 14.8 Å². The third kappa shape index (κ3) is 5.61. The molecular formula is C28H39N5O2. The molecule has 4 heterocycles. The molecule has 1 aromatic carbocycles. The number of benzene rings is 1. The summed E-state index contributed by atoms with van der Waals surface area (Å²) in [5.74, 6) is 1.79. The van der Waals surface area contributed by atoms with Crippen molar-refractivity contribution in [1.82, 2.24) is 20.2 Å². The van der Waals surface area contributed by atoms with Crippen LogP contribution in [0.25, 0.3) is 11.3 Å². The lowest BCUT2D eigenvalue weighted by atomic mass is 9.74. The number of hydrogen-bond donors (Lipinski definition) is 1. The number of rotatable bonds is 6. The lowest BCUT2D eigenvalue weighted by molar-refractivity contribution is -0.00403. The minimum atomic E-state index is -0.243. The fraction of sp³-hybridized carbons (Fsp3) is 0.607. The van der Waals surface area contributed by atoms with Gasteiger partial charge in [-0.3, -0.25) is 4.90 Å². The average Bonchev–Trinajstić information content (AvgIpc) is 2.88. The molecule has 0 radical (unpaired) electrons. The lowest BCUT2D eigenvalue weighted by Gasteiger charge is -2.49. The highest BCUT2D eigenvalue weighted by molar-refractivity contribution is 5.67. The summed E-state index contributed by atoms with van der Waals surface area (Å²) in [7, 11) is 4.10. The van der Waals surface area contributed by atoms with E-state index in [1.54, 1.807) is 0 Å². The van der Waals surface area contributed by atoms with Crippen LogP contribution in [0.15, 0.2) is 30.3 Å². The van der Waals surface area contributed by atoms with Crippen LogP contribution in [0, 0.1) is 12.8 Å². The Morgan fingerprint density at radius 1 is 1.11 bits per heavy atom. The molecule has 7 nitrogen and oxygen atoms in total. The van der Waals surface area contributed by atoms with E-state index < -0.39 is 0 Å². The third-order valence-electron chi connectivity index (χ3n) is 8.13. The summed E-state index contributed by atoms with van der Waals surface area (Å²) in [5, 5.41) is 3.08. The minimum Gasteiger partial charge on any atom is -0.448 e. The quantitative estimate of drug-likeness (QED) is 0.647. The second-order valence-electron chi connectivity index (χ2n) is 10.8. The topological polar surface area (TPSA) is 70.6 Å². The zero-order valence-corrected chi connectivity index (χ0v) is 21.4. The molecule has 1 saturated carbocycles. The van der Waals surface area contributed by atoms with Crippen molar-refractivity contribution in [3.8, 4) is 11.3 Å². The maximum Gasteiger partial charge on any atom is 0.407 e. The third-order valence-corrected chi connectivity index (χ3v) is 8.13. The smallest absolute Gasteiger partial charge is 0.407 e. The highest BCUT2D eigenvalue weighted by atomic mass is 16.5. The number of ether oxygens (including phenoxy) is 1. The fourth-order valence-electron chi connectivity index (χ4n) is 6.13. The van der Waals surface area contributed by atoms with E-state index in [0.717, 1.165) is 55.1 Å². The summed E-state index contributed by atoms with van der Waals surface area (Å²) in [6.45, 7) is 4.51. The standard InChI is InChI=1S/C28H39N5O2/c1-19-29-26(20-9-11-23(12-10-20)32(2)3)16-27(30-19)25-17-33-14-13-21(25)15-24(33)18-35-28(34)31-22-7-5-4-6-8-22/h9-12,16,21-22,24-25H,4-8,13-15,17-18H2,1-3H3,(H,31,34)/t21-,24+,25+/m0/s1. The van der Waals surface area contributed by atoms with E-state index in [0.29, 0.717) is 24.5 Å². The van der Waals surface area contributed by atoms with Gasteiger partial charge in [0.05, 0.1) is 5.69 Å². The van der Waals surface area contributed by atoms with E-state index in [-0.39, 0.29) is 12.1 Å². The summed E-state index contributed by atoms with van der Waals surface area (Å²) in [6, 6.07) is 11.3. The molecule has 3 saturated heterocycles. The SMILES string of the molecule is Cc1nc(-c2ccc(N(C)C)cc2)cc([C@@H]2CN3CC[C@H]2C[C@@H]3COC(=O)NC2CCCCC2)n1. The Labute approximate surface area is 209 Å². The molecule has 4 atom stereocenters. The molecule has 3 aliphatic heterocycles. The van der Waals surface area contributed by atoms with Gasteiger partial charge < -0.3 is 15.0 Å². The van der Waals surface area contributed by atoms with Crippen molar-refractivity contribution in [3.63, 3.8) is 0 Å². The Morgan fingerprint density at radius 2 is 1.89 bits per heavy atom. The highest BCUT2D eigenvalue weighted by Gasteiger charge is 2.42. The van der Waals surface area contributed by atoms with Gasteiger partial charge in [0.15, 0.2) is 0 Å². The van der Waals surface area contributed by atoms with Crippen LogP contribution in [0.3, 0.4) is 0 Å². The number of fused-ring (bicyclic) bond motifs is 3. The summed E-state index contributed by atoms with van der Waals surface area (Å²) in [4.78, 5) is 26.6. The number of alkyl carbamates (subject to hydrolysis) is 1. The molecule has 188 valence electrons. The maximum atomic E-state index is 12.3. The number of carbonyl (C=O) groups is 1. The number of hydrogen-bond acceptors (Lipinski definition) is 6. The average molecular weight is 478 g/mol. The van der Waals surface area contributed by atoms with Gasteiger partial charge >= 0.3 is 6.09 Å². The predicted molar refractivity (Wildman–Crippen MR) is 139 cm³/mol. The van der Waals surface area contributed by atoms with Crippen molar-refractivity contribution >= 4 is 11.8 Å². The van der Waals surface area contributed by atoms with E-state index in [9.17, 15) is 4.79 Å². The van der Waals surface area contributed by atoms with E-state index in [1.807, 2.05) is 6.92 Å². The van der Waals surface area contributed by atoms with E-state index in [2.05, 4.69) is 59.5 Å². The van der Waals surface area contributed by atoms with Crippen LogP contribution < -0.4 is 10.2 Å². The van der Waals surface area contributed by atoms with Crippen LogP contribution >= 0.6 is 0 Å². The van der Waals surface area contributed by atoms with Gasteiger partial charge in [-0.15, -0.1) is 0 Å². The van der Waals surface area contributed by atoms with Gasteiger partial charge in [0.25, 0.3) is 0 Å². The second kappa shape index (κ2) is 10.5. The van der Waals surface area contributed by atoms with Gasteiger partial charge in [0.2, 0.25) is 0 Å². The van der Waals surface area contributed by atoms with Crippen LogP contribution in [0.2, 0.25) is 0 Å². The number of amides is 1. The second-order valence-corrected chi connectivity index (χ2v) is 10.8. The Hall–Kier alpha value is -2.67. The van der Waals surface area contributed by atoms with E-state index in [1.165, 1.54) is 31.4 Å². The Balaban J connectivity index is 1.22. The molecular weight excluding hydrogens is 438 g/mol. The number of piperidine rings is 3. The number of anilines is 1. The largest absolute Gasteiger partial charge is 0.448 e. The molecule has 1 aromatic heterocycles. The molecule has 4 aliphatic rings. The van der Waals surface area contributed by atoms with Gasteiger partial charge in [0, 0.05) is 55.6 Å². The van der Waals surface area contributed by atoms with Crippen LogP contribution in [0.5, 0.6) is 0 Å². The summed E-state index contributed by atoms with van der Waals surface area (Å²) in [6.07, 6.45) is 7.83. The molecule has 2 aromatic rings. The lowest BCUT2D eigenvalue weighted by Crippen LogP contribution is -2.54. The normalized spacial score (nSPS) is 26.4. The molecule has 35 heavy (non-hydrogen) atoms. The maximum absolute atomic E-state index is 12.3. The van der Waals surface area contributed by atoms with Crippen molar-refractivity contribution in [2.75, 3.05) is 38.7 Å². The summed E-state index contributed by atoms with van der Waals surface area (Å²) in [5.41, 5.74) is 4.44. The Morgan fingerprint density at radius 3 is 2.57 bits per heavy atom. The number of nitrogens with zero attached hydrogens (tertiary/aromatic N) is 4. The van der Waals surface area contributed by atoms with Crippen molar-refractivity contribution in [1.29, 1.82) is 0 Å². The van der Waals surface area contributed by atoms with Gasteiger partial charge in [-0.05, 0) is 63.3 Å². The molecule has 0 spiro atoms. The Bertz CT molecular complexity index is 1020. The first-order chi connectivity index (χ1) is 17.0. The van der Waals surface area contributed by atoms with Crippen molar-refractivity contribution in [3.05, 3.63) is 41.9 Å². The van der Waals surface area contributed by atoms with Crippen LogP contribution in [0.1, 0.15) is 62.4 Å². The molecule has 1 N–H and O–H groups in total. The van der Waals surface area contributed by atoms with Gasteiger partial charge in [-0.1, -0.05) is 31.4 Å². The molecule has 6 rings (SSSR count). The summed E-state index contributed by atoms with van der Waals surface area (Å²) >= 11 is 0. The number of aromatic nitrogens is 2. The molecule has 4 fully saturated rings.